The van der Waals surface area contributed by atoms with Gasteiger partial charge in [0.25, 0.3) is 0 Å². The van der Waals surface area contributed by atoms with Gasteiger partial charge in [-0.2, -0.15) is 8.42 Å². The van der Waals surface area contributed by atoms with Gasteiger partial charge in [-0.3, -0.25) is 0 Å². The van der Waals surface area contributed by atoms with Crippen LogP contribution in [0.15, 0.2) is 0 Å². The van der Waals surface area contributed by atoms with Crippen LogP contribution in [0, 0.1) is 5.92 Å². The summed E-state index contributed by atoms with van der Waals surface area (Å²) in [4.78, 5) is 0. The lowest BCUT2D eigenvalue weighted by atomic mass is 10.2. The number of halogens is 2. The smallest absolute Gasteiger partial charge is 0.195 e. The quantitative estimate of drug-likeness (QED) is 0.587. The zero-order chi connectivity index (χ0) is 8.91. The molecule has 0 N–H and O–H groups in total. The fraction of sp³-hybridized carbons (Fsp3) is 1.00. The van der Waals surface area contributed by atoms with Crippen molar-refractivity contribution in [3.05, 3.63) is 0 Å². The summed E-state index contributed by atoms with van der Waals surface area (Å²) in [6.07, 6.45) is 5.95. The molecule has 1 aliphatic carbocycles. The second-order valence-corrected chi connectivity index (χ2v) is 6.44. The highest BCUT2D eigenvalue weighted by Gasteiger charge is 2.07. The van der Waals surface area contributed by atoms with Crippen LogP contribution < -0.4 is 0 Å². The van der Waals surface area contributed by atoms with Crippen molar-refractivity contribution in [2.24, 2.45) is 5.92 Å². The van der Waals surface area contributed by atoms with Gasteiger partial charge in [-0.15, -0.1) is 0 Å². The van der Waals surface area contributed by atoms with Crippen LogP contribution in [0.5, 0.6) is 0 Å². The van der Waals surface area contributed by atoms with Crippen molar-refractivity contribution in [1.82, 2.24) is 0 Å². The molecular formula is C6H12Cl2O2S. The Labute approximate surface area is 76.8 Å². The Kier molecular flexibility index (Phi) is 5.48. The lowest BCUT2D eigenvalue weighted by Crippen LogP contribution is -1.78. The summed E-state index contributed by atoms with van der Waals surface area (Å²) in [6.45, 7) is 2.34. The molecule has 0 amide bonds. The molecule has 0 unspecified atom stereocenters. The molecule has 0 atom stereocenters. The van der Waals surface area contributed by atoms with Gasteiger partial charge < -0.3 is 0 Å². The first-order valence-corrected chi connectivity index (χ1v) is 6.67. The fourth-order valence-electron chi connectivity index (χ4n) is 1.13. The first-order chi connectivity index (χ1) is 4.89. The number of rotatable bonds is 0. The van der Waals surface area contributed by atoms with Gasteiger partial charge in [-0.25, -0.2) is 0 Å². The van der Waals surface area contributed by atoms with E-state index in [-0.39, 0.29) is 0 Å². The number of hydrogen-bond donors (Lipinski definition) is 0. The van der Waals surface area contributed by atoms with Crippen molar-refractivity contribution in [1.29, 1.82) is 0 Å². The van der Waals surface area contributed by atoms with Crippen LogP contribution in [0.25, 0.3) is 0 Å². The molecule has 0 bridgehead atoms. The fourth-order valence-corrected chi connectivity index (χ4v) is 1.13. The van der Waals surface area contributed by atoms with Crippen LogP contribution in [0.4, 0.5) is 0 Å². The van der Waals surface area contributed by atoms with Crippen LogP contribution in [0.3, 0.4) is 0 Å². The molecule has 1 aliphatic rings. The Bertz CT molecular complexity index is 175. The minimum Gasteiger partial charge on any atom is -0.195 e. The Balaban J connectivity index is 0.000000187. The minimum atomic E-state index is -3.72. The normalized spacial score (nSPS) is 19.2. The van der Waals surface area contributed by atoms with Gasteiger partial charge in [0, 0.05) is 21.4 Å². The molecule has 1 fully saturated rings. The predicted molar refractivity (Wildman–Crippen MR) is 48.3 cm³/mol. The zero-order valence-corrected chi connectivity index (χ0v) is 8.71. The van der Waals surface area contributed by atoms with E-state index in [1.54, 1.807) is 0 Å². The van der Waals surface area contributed by atoms with E-state index in [9.17, 15) is 0 Å². The number of hydrogen-bond acceptors (Lipinski definition) is 2. The highest BCUT2D eigenvalue weighted by molar-refractivity contribution is 8.31. The monoisotopic (exact) mass is 218 g/mol. The second kappa shape index (κ2) is 5.22. The summed E-state index contributed by atoms with van der Waals surface area (Å²) >= 11 is 0. The molecule has 0 heterocycles. The lowest BCUT2D eigenvalue weighted by Gasteiger charge is -1.91. The predicted octanol–water partition coefficient (Wildman–Crippen LogP) is 2.91. The average molecular weight is 219 g/mol. The SMILES string of the molecule is CC1CCCC1.O=S(=O)(Cl)Cl. The molecule has 1 rings (SSSR count). The van der Waals surface area contributed by atoms with Crippen LogP contribution in [0.2, 0.25) is 0 Å². The maximum atomic E-state index is 9.16. The van der Waals surface area contributed by atoms with Crippen LogP contribution in [-0.4, -0.2) is 8.42 Å². The lowest BCUT2D eigenvalue weighted by molar-refractivity contribution is 0.612. The maximum Gasteiger partial charge on any atom is 0.317 e. The molecule has 11 heavy (non-hydrogen) atoms. The van der Waals surface area contributed by atoms with E-state index < -0.39 is 8.26 Å². The molecule has 68 valence electrons. The van der Waals surface area contributed by atoms with Crippen molar-refractivity contribution in [3.63, 3.8) is 0 Å². The Morgan fingerprint density at radius 3 is 1.55 bits per heavy atom. The summed E-state index contributed by atoms with van der Waals surface area (Å²) in [6, 6.07) is 0. The van der Waals surface area contributed by atoms with E-state index >= 15 is 0 Å². The van der Waals surface area contributed by atoms with Crippen molar-refractivity contribution in [2.45, 2.75) is 32.6 Å². The Morgan fingerprint density at radius 1 is 1.18 bits per heavy atom. The van der Waals surface area contributed by atoms with Crippen molar-refractivity contribution in [2.75, 3.05) is 0 Å². The van der Waals surface area contributed by atoms with Gasteiger partial charge in [-0.05, 0) is 5.92 Å². The maximum absolute atomic E-state index is 9.16. The molecule has 2 nitrogen and oxygen atoms in total. The summed E-state index contributed by atoms with van der Waals surface area (Å²) < 4.78 is 18.3. The largest absolute Gasteiger partial charge is 0.317 e. The molecule has 0 aromatic heterocycles. The molecule has 0 aromatic carbocycles. The summed E-state index contributed by atoms with van der Waals surface area (Å²) in [5.41, 5.74) is 0. The molecule has 5 heteroatoms. The standard InChI is InChI=1S/C6H12.Cl2O2S/c1-6-4-2-3-5-6;1-5(2,3)4/h6H,2-5H2,1H3;. The van der Waals surface area contributed by atoms with Crippen molar-refractivity contribution >= 4 is 29.6 Å². The third kappa shape index (κ3) is 13.5. The molecule has 0 aliphatic heterocycles. The van der Waals surface area contributed by atoms with Crippen LogP contribution in [-0.2, 0) is 8.26 Å². The van der Waals surface area contributed by atoms with Gasteiger partial charge in [-0.1, -0.05) is 32.6 Å². The molecule has 0 spiro atoms. The summed E-state index contributed by atoms with van der Waals surface area (Å²) in [5.74, 6) is 1.05. The first kappa shape index (κ1) is 11.5. The van der Waals surface area contributed by atoms with Crippen molar-refractivity contribution in [3.8, 4) is 0 Å². The highest BCUT2D eigenvalue weighted by atomic mass is 36.0. The third-order valence-corrected chi connectivity index (χ3v) is 1.64. The van der Waals surface area contributed by atoms with E-state index in [0.29, 0.717) is 0 Å². The van der Waals surface area contributed by atoms with Crippen molar-refractivity contribution < 1.29 is 8.42 Å². The summed E-state index contributed by atoms with van der Waals surface area (Å²) in [5, 5.41) is 0. The molecule has 0 saturated heterocycles. The van der Waals surface area contributed by atoms with Gasteiger partial charge in [0.2, 0.25) is 0 Å². The van der Waals surface area contributed by atoms with Gasteiger partial charge in [0.05, 0.1) is 0 Å². The Morgan fingerprint density at radius 2 is 1.45 bits per heavy atom. The van der Waals surface area contributed by atoms with E-state index in [0.717, 1.165) is 5.92 Å². The van der Waals surface area contributed by atoms with Gasteiger partial charge in [0.15, 0.2) is 0 Å². The third-order valence-electron chi connectivity index (χ3n) is 1.64. The Hall–Kier alpha value is 0.530. The highest BCUT2D eigenvalue weighted by Crippen LogP contribution is 2.22. The average Bonchev–Trinajstić information content (AvgIpc) is 2.12. The van der Waals surface area contributed by atoms with E-state index in [1.807, 2.05) is 0 Å². The first-order valence-electron chi connectivity index (χ1n) is 3.54. The summed E-state index contributed by atoms with van der Waals surface area (Å²) in [7, 11) is 4.81. The molecule has 0 aromatic rings. The topological polar surface area (TPSA) is 34.1 Å². The molecule has 0 radical (unpaired) electrons. The second-order valence-electron chi connectivity index (χ2n) is 2.77. The van der Waals surface area contributed by atoms with Gasteiger partial charge in [0.1, 0.15) is 0 Å². The molecule has 1 saturated carbocycles. The van der Waals surface area contributed by atoms with E-state index in [1.165, 1.54) is 25.7 Å². The van der Waals surface area contributed by atoms with Crippen LogP contribution >= 0.6 is 21.4 Å². The molecular weight excluding hydrogens is 207 g/mol. The minimum absolute atomic E-state index is 1.05. The van der Waals surface area contributed by atoms with Gasteiger partial charge >= 0.3 is 8.26 Å². The zero-order valence-electron chi connectivity index (χ0n) is 6.39. The van der Waals surface area contributed by atoms with E-state index in [2.05, 4.69) is 28.3 Å². The van der Waals surface area contributed by atoms with Crippen LogP contribution in [0.1, 0.15) is 32.6 Å². The van der Waals surface area contributed by atoms with E-state index in [4.69, 9.17) is 8.42 Å².